The Morgan fingerprint density at radius 3 is 1.86 bits per heavy atom. The minimum atomic E-state index is -1.21. The SMILES string of the molecule is CC(NC(=O)OC(C)(C)C)C(=O)N(C(C)C)C(C(=O)NC(Cc1ccccc1)C(=O)OC(C)(C)C)c1ccc(O)cc1. The van der Waals surface area contributed by atoms with Gasteiger partial charge in [0.15, 0.2) is 0 Å². The van der Waals surface area contributed by atoms with Gasteiger partial charge >= 0.3 is 12.1 Å². The fourth-order valence-electron chi connectivity index (χ4n) is 4.21. The second-order valence-corrected chi connectivity index (χ2v) is 12.5. The van der Waals surface area contributed by atoms with Gasteiger partial charge in [-0.3, -0.25) is 9.59 Å². The third-order valence-corrected chi connectivity index (χ3v) is 5.94. The van der Waals surface area contributed by atoms with Crippen molar-refractivity contribution in [3.05, 3.63) is 65.7 Å². The van der Waals surface area contributed by atoms with Gasteiger partial charge in [-0.1, -0.05) is 42.5 Å². The summed E-state index contributed by atoms with van der Waals surface area (Å²) in [5.41, 5.74) is -0.356. The van der Waals surface area contributed by atoms with Crippen LogP contribution in [0.25, 0.3) is 0 Å². The van der Waals surface area contributed by atoms with Gasteiger partial charge in [0, 0.05) is 12.5 Å². The van der Waals surface area contributed by atoms with Crippen LogP contribution in [-0.4, -0.2) is 63.2 Å². The van der Waals surface area contributed by atoms with Crippen LogP contribution in [0.4, 0.5) is 4.79 Å². The molecular formula is C32H45N3O7. The molecule has 3 unspecified atom stereocenters. The van der Waals surface area contributed by atoms with Gasteiger partial charge in [-0.2, -0.15) is 0 Å². The molecule has 2 aromatic rings. The van der Waals surface area contributed by atoms with Crippen LogP contribution in [0.5, 0.6) is 5.75 Å². The van der Waals surface area contributed by atoms with Crippen LogP contribution >= 0.6 is 0 Å². The van der Waals surface area contributed by atoms with E-state index >= 15 is 0 Å². The molecule has 42 heavy (non-hydrogen) atoms. The molecule has 0 aliphatic heterocycles. The van der Waals surface area contributed by atoms with Crippen LogP contribution in [-0.2, 0) is 30.3 Å². The summed E-state index contributed by atoms with van der Waals surface area (Å²) >= 11 is 0. The number of nitrogens with zero attached hydrogens (tertiary/aromatic N) is 1. The first-order chi connectivity index (χ1) is 19.4. The second kappa shape index (κ2) is 14.2. The van der Waals surface area contributed by atoms with Crippen LogP contribution in [0.2, 0.25) is 0 Å². The number of amides is 3. The normalized spacial score (nSPS) is 13.9. The van der Waals surface area contributed by atoms with Crippen LogP contribution in [0.15, 0.2) is 54.6 Å². The molecule has 0 aliphatic rings. The minimum Gasteiger partial charge on any atom is -0.508 e. The predicted molar refractivity (Wildman–Crippen MR) is 160 cm³/mol. The zero-order chi connectivity index (χ0) is 31.8. The monoisotopic (exact) mass is 583 g/mol. The number of aromatic hydroxyl groups is 1. The molecule has 0 radical (unpaired) electrons. The number of esters is 1. The maximum Gasteiger partial charge on any atom is 0.408 e. The molecule has 3 amide bonds. The Kier molecular flexibility index (Phi) is 11.5. The summed E-state index contributed by atoms with van der Waals surface area (Å²) in [5.74, 6) is -1.80. The van der Waals surface area contributed by atoms with E-state index < -0.39 is 59.2 Å². The molecule has 0 aliphatic carbocycles. The highest BCUT2D eigenvalue weighted by Crippen LogP contribution is 2.27. The van der Waals surface area contributed by atoms with Crippen LogP contribution in [0.1, 0.15) is 79.5 Å². The van der Waals surface area contributed by atoms with Gasteiger partial charge < -0.3 is 30.1 Å². The third kappa shape index (κ3) is 10.7. The highest BCUT2D eigenvalue weighted by molar-refractivity contribution is 5.94. The molecule has 0 saturated heterocycles. The number of carbonyl (C=O) groups is 4. The Balaban J connectivity index is 2.48. The number of nitrogens with one attached hydrogen (secondary N) is 2. The smallest absolute Gasteiger partial charge is 0.408 e. The largest absolute Gasteiger partial charge is 0.508 e. The predicted octanol–water partition coefficient (Wildman–Crippen LogP) is 4.65. The maximum atomic E-state index is 14.1. The average Bonchev–Trinajstić information content (AvgIpc) is 2.85. The highest BCUT2D eigenvalue weighted by atomic mass is 16.6. The van der Waals surface area contributed by atoms with E-state index in [9.17, 15) is 24.3 Å². The molecular weight excluding hydrogens is 538 g/mol. The Bertz CT molecular complexity index is 1220. The van der Waals surface area contributed by atoms with E-state index in [1.54, 1.807) is 55.4 Å². The average molecular weight is 584 g/mol. The third-order valence-electron chi connectivity index (χ3n) is 5.94. The van der Waals surface area contributed by atoms with Gasteiger partial charge in [-0.15, -0.1) is 0 Å². The molecule has 0 aromatic heterocycles. The summed E-state index contributed by atoms with van der Waals surface area (Å²) in [6.07, 6.45) is -0.610. The Labute approximate surface area is 248 Å². The first kappa shape index (κ1) is 34.1. The van der Waals surface area contributed by atoms with Crippen molar-refractivity contribution in [2.45, 2.75) is 104 Å². The molecule has 2 aromatic carbocycles. The number of phenols is 1. The molecule has 10 heteroatoms. The van der Waals surface area contributed by atoms with E-state index in [1.807, 2.05) is 30.3 Å². The lowest BCUT2D eigenvalue weighted by molar-refractivity contribution is -0.159. The summed E-state index contributed by atoms with van der Waals surface area (Å²) in [6.45, 7) is 15.3. The van der Waals surface area contributed by atoms with Crippen LogP contribution in [0.3, 0.4) is 0 Å². The molecule has 0 heterocycles. The molecule has 0 bridgehead atoms. The van der Waals surface area contributed by atoms with Gasteiger partial charge in [0.2, 0.25) is 11.8 Å². The molecule has 3 atom stereocenters. The molecule has 10 nitrogen and oxygen atoms in total. The van der Waals surface area contributed by atoms with E-state index in [0.717, 1.165) is 5.56 Å². The summed E-state index contributed by atoms with van der Waals surface area (Å²) in [7, 11) is 0. The second-order valence-electron chi connectivity index (χ2n) is 12.5. The Morgan fingerprint density at radius 1 is 0.810 bits per heavy atom. The number of carbonyl (C=O) groups excluding carboxylic acids is 4. The number of hydrogen-bond acceptors (Lipinski definition) is 7. The van der Waals surface area contributed by atoms with Crippen molar-refractivity contribution >= 4 is 23.9 Å². The lowest BCUT2D eigenvalue weighted by Gasteiger charge is -2.37. The van der Waals surface area contributed by atoms with Gasteiger partial charge in [-0.05, 0) is 85.6 Å². The summed E-state index contributed by atoms with van der Waals surface area (Å²) in [4.78, 5) is 54.9. The van der Waals surface area contributed by atoms with Crippen LogP contribution < -0.4 is 10.6 Å². The summed E-state index contributed by atoms with van der Waals surface area (Å²) in [5, 5.41) is 15.3. The minimum absolute atomic E-state index is 0.0176. The standard InChI is InChI=1S/C32H45N3O7/c1-20(2)35(28(38)21(3)33-30(40)42-32(7,8)9)26(23-15-17-24(36)18-16-23)27(37)34-25(29(39)41-31(4,5)6)19-22-13-11-10-12-14-22/h10-18,20-21,25-26,36H,19H2,1-9H3,(H,33,40)(H,34,37). The molecule has 230 valence electrons. The number of hydrogen-bond donors (Lipinski definition) is 3. The molecule has 3 N–H and O–H groups in total. The van der Waals surface area contributed by atoms with Gasteiger partial charge in [0.1, 0.15) is 35.1 Å². The van der Waals surface area contributed by atoms with E-state index in [-0.39, 0.29) is 12.2 Å². The van der Waals surface area contributed by atoms with E-state index in [4.69, 9.17) is 9.47 Å². The number of rotatable bonds is 10. The van der Waals surface area contributed by atoms with E-state index in [1.165, 1.54) is 36.1 Å². The lowest BCUT2D eigenvalue weighted by Crippen LogP contribution is -2.56. The van der Waals surface area contributed by atoms with Crippen LogP contribution in [0, 0.1) is 0 Å². The quantitative estimate of drug-likeness (QED) is 0.347. The molecule has 0 fully saturated rings. The number of benzene rings is 2. The van der Waals surface area contributed by atoms with E-state index in [2.05, 4.69) is 10.6 Å². The zero-order valence-electron chi connectivity index (χ0n) is 26.1. The number of ether oxygens (including phenoxy) is 2. The highest BCUT2D eigenvalue weighted by Gasteiger charge is 2.38. The number of phenolic OH excluding ortho intramolecular Hbond substituents is 1. The first-order valence-corrected chi connectivity index (χ1v) is 14.1. The maximum absolute atomic E-state index is 14.1. The fraction of sp³-hybridized carbons (Fsp3) is 0.500. The van der Waals surface area contributed by atoms with Crippen molar-refractivity contribution < 1.29 is 33.8 Å². The molecule has 0 spiro atoms. The first-order valence-electron chi connectivity index (χ1n) is 14.1. The van der Waals surface area contributed by atoms with Gasteiger partial charge in [-0.25, -0.2) is 9.59 Å². The fourth-order valence-corrected chi connectivity index (χ4v) is 4.21. The Hall–Kier alpha value is -4.08. The van der Waals surface area contributed by atoms with Crippen molar-refractivity contribution in [2.24, 2.45) is 0 Å². The van der Waals surface area contributed by atoms with E-state index in [0.29, 0.717) is 5.56 Å². The van der Waals surface area contributed by atoms with Crippen molar-refractivity contribution in [1.82, 2.24) is 15.5 Å². The van der Waals surface area contributed by atoms with Crippen molar-refractivity contribution in [2.75, 3.05) is 0 Å². The van der Waals surface area contributed by atoms with Crippen molar-refractivity contribution in [3.63, 3.8) is 0 Å². The summed E-state index contributed by atoms with van der Waals surface area (Å²) in [6, 6.07) is 11.3. The molecule has 2 rings (SSSR count). The van der Waals surface area contributed by atoms with Crippen molar-refractivity contribution in [1.29, 1.82) is 0 Å². The molecule has 0 saturated carbocycles. The van der Waals surface area contributed by atoms with Crippen molar-refractivity contribution in [3.8, 4) is 5.75 Å². The summed E-state index contributed by atoms with van der Waals surface area (Å²) < 4.78 is 10.9. The zero-order valence-corrected chi connectivity index (χ0v) is 26.1. The van der Waals surface area contributed by atoms with Gasteiger partial charge in [0.05, 0.1) is 0 Å². The Morgan fingerprint density at radius 2 is 1.36 bits per heavy atom. The lowest BCUT2D eigenvalue weighted by atomic mass is 9.99. The van der Waals surface area contributed by atoms with Gasteiger partial charge in [0.25, 0.3) is 0 Å². The number of alkyl carbamates (subject to hydrolysis) is 1. The topological polar surface area (TPSA) is 134 Å².